The first-order valence-corrected chi connectivity index (χ1v) is 8.52. The number of carboxylic acid groups (broad SMARTS) is 1. The molecule has 8 nitrogen and oxygen atoms in total. The Morgan fingerprint density at radius 1 is 1.26 bits per heavy atom. The van der Waals surface area contributed by atoms with Gasteiger partial charge in [-0.3, -0.25) is 14.2 Å². The number of benzene rings is 1. The summed E-state index contributed by atoms with van der Waals surface area (Å²) in [6.07, 6.45) is 2.54. The van der Waals surface area contributed by atoms with Crippen molar-refractivity contribution < 1.29 is 14.7 Å². The maximum Gasteiger partial charge on any atom is 0.338 e. The minimum Gasteiger partial charge on any atom is -0.478 e. The SMILES string of the molecule is Cc1ccccc1Cn1nc(NC(=O)C(C)n2cc(C(=O)O)cn2)cc1C. The van der Waals surface area contributed by atoms with Gasteiger partial charge in [-0.25, -0.2) is 4.79 Å². The summed E-state index contributed by atoms with van der Waals surface area (Å²) in [5.41, 5.74) is 3.30. The molecule has 0 saturated carbocycles. The lowest BCUT2D eigenvalue weighted by atomic mass is 10.1. The van der Waals surface area contributed by atoms with E-state index in [-0.39, 0.29) is 11.5 Å². The predicted octanol–water partition coefficient (Wildman–Crippen LogP) is 2.64. The van der Waals surface area contributed by atoms with Gasteiger partial charge < -0.3 is 10.4 Å². The summed E-state index contributed by atoms with van der Waals surface area (Å²) in [5, 5.41) is 20.1. The highest BCUT2D eigenvalue weighted by Gasteiger charge is 2.19. The van der Waals surface area contributed by atoms with Crippen LogP contribution in [-0.2, 0) is 11.3 Å². The van der Waals surface area contributed by atoms with Gasteiger partial charge in [0.1, 0.15) is 6.04 Å². The van der Waals surface area contributed by atoms with E-state index in [0.29, 0.717) is 12.4 Å². The Labute approximate surface area is 156 Å². The van der Waals surface area contributed by atoms with E-state index < -0.39 is 12.0 Å². The zero-order valence-corrected chi connectivity index (χ0v) is 15.4. The fourth-order valence-corrected chi connectivity index (χ4v) is 2.69. The summed E-state index contributed by atoms with van der Waals surface area (Å²) >= 11 is 0. The number of hydrogen-bond donors (Lipinski definition) is 2. The summed E-state index contributed by atoms with van der Waals surface area (Å²) in [6.45, 7) is 6.24. The molecule has 1 aromatic carbocycles. The number of hydrogen-bond acceptors (Lipinski definition) is 4. The molecular weight excluding hydrogens is 346 g/mol. The van der Waals surface area contributed by atoms with E-state index in [9.17, 15) is 9.59 Å². The molecular formula is C19H21N5O3. The Kier molecular flexibility index (Phi) is 5.07. The maximum absolute atomic E-state index is 12.5. The first kappa shape index (κ1) is 18.4. The number of carboxylic acids is 1. The van der Waals surface area contributed by atoms with Crippen LogP contribution in [0.15, 0.2) is 42.7 Å². The van der Waals surface area contributed by atoms with Crippen LogP contribution in [0.2, 0.25) is 0 Å². The second-order valence-corrected chi connectivity index (χ2v) is 6.43. The van der Waals surface area contributed by atoms with Gasteiger partial charge in [-0.1, -0.05) is 24.3 Å². The molecule has 0 saturated heterocycles. The fourth-order valence-electron chi connectivity index (χ4n) is 2.69. The van der Waals surface area contributed by atoms with E-state index in [2.05, 4.69) is 21.6 Å². The van der Waals surface area contributed by atoms with Gasteiger partial charge in [0.05, 0.1) is 18.3 Å². The standard InChI is InChI=1S/C19H21N5O3/c1-12-6-4-5-7-15(12)10-23-13(2)8-17(22-23)21-18(25)14(3)24-11-16(9-20-24)19(26)27/h4-9,11,14H,10H2,1-3H3,(H,26,27)(H,21,22,25). The van der Waals surface area contributed by atoms with Crippen LogP contribution in [0.5, 0.6) is 0 Å². The molecule has 1 unspecified atom stereocenters. The fraction of sp³-hybridized carbons (Fsp3) is 0.263. The summed E-state index contributed by atoms with van der Waals surface area (Å²) in [7, 11) is 0. The van der Waals surface area contributed by atoms with Gasteiger partial charge in [0.15, 0.2) is 5.82 Å². The van der Waals surface area contributed by atoms with Gasteiger partial charge in [0.2, 0.25) is 5.91 Å². The minimum atomic E-state index is -1.08. The summed E-state index contributed by atoms with van der Waals surface area (Å²) < 4.78 is 3.15. The molecule has 0 aliphatic rings. The molecule has 2 heterocycles. The molecule has 2 aromatic heterocycles. The molecule has 0 bridgehead atoms. The number of carbonyl (C=O) groups excluding carboxylic acids is 1. The summed E-state index contributed by atoms with van der Waals surface area (Å²) in [4.78, 5) is 23.4. The molecule has 2 N–H and O–H groups in total. The van der Waals surface area contributed by atoms with Gasteiger partial charge in [-0.05, 0) is 31.9 Å². The molecule has 1 amide bonds. The number of rotatable bonds is 6. The van der Waals surface area contributed by atoms with Crippen molar-refractivity contribution in [2.45, 2.75) is 33.4 Å². The van der Waals surface area contributed by atoms with Crippen LogP contribution in [0.1, 0.15) is 40.1 Å². The van der Waals surface area contributed by atoms with Crippen molar-refractivity contribution in [1.82, 2.24) is 19.6 Å². The second kappa shape index (κ2) is 7.45. The highest BCUT2D eigenvalue weighted by Crippen LogP contribution is 2.15. The van der Waals surface area contributed by atoms with Gasteiger partial charge in [0, 0.05) is 18.0 Å². The molecule has 8 heteroatoms. The molecule has 0 aliphatic heterocycles. The Morgan fingerprint density at radius 3 is 2.67 bits per heavy atom. The molecule has 27 heavy (non-hydrogen) atoms. The Morgan fingerprint density at radius 2 is 2.00 bits per heavy atom. The molecule has 3 rings (SSSR count). The van der Waals surface area contributed by atoms with E-state index in [4.69, 9.17) is 5.11 Å². The quantitative estimate of drug-likeness (QED) is 0.697. The van der Waals surface area contributed by atoms with Crippen LogP contribution in [0.25, 0.3) is 0 Å². The molecule has 0 spiro atoms. The molecule has 0 radical (unpaired) electrons. The average Bonchev–Trinajstić information content (AvgIpc) is 3.24. The average molecular weight is 367 g/mol. The first-order chi connectivity index (χ1) is 12.8. The lowest BCUT2D eigenvalue weighted by molar-refractivity contribution is -0.119. The lowest BCUT2D eigenvalue weighted by Gasteiger charge is -2.11. The number of anilines is 1. The summed E-state index contributed by atoms with van der Waals surface area (Å²) in [5.74, 6) is -0.960. The molecule has 3 aromatic rings. The molecule has 0 aliphatic carbocycles. The van der Waals surface area contributed by atoms with Gasteiger partial charge in [-0.15, -0.1) is 0 Å². The Hall–Kier alpha value is -3.42. The van der Waals surface area contributed by atoms with Crippen molar-refractivity contribution in [2.24, 2.45) is 0 Å². The number of nitrogens with zero attached hydrogens (tertiary/aromatic N) is 4. The zero-order chi connectivity index (χ0) is 19.6. The van der Waals surface area contributed by atoms with Crippen LogP contribution in [0.3, 0.4) is 0 Å². The van der Waals surface area contributed by atoms with Crippen molar-refractivity contribution in [2.75, 3.05) is 5.32 Å². The third-order valence-corrected chi connectivity index (χ3v) is 4.44. The lowest BCUT2D eigenvalue weighted by Crippen LogP contribution is -2.24. The van der Waals surface area contributed by atoms with Crippen molar-refractivity contribution >= 4 is 17.7 Å². The van der Waals surface area contributed by atoms with Crippen LogP contribution < -0.4 is 5.32 Å². The monoisotopic (exact) mass is 367 g/mol. The van der Waals surface area contributed by atoms with E-state index in [1.54, 1.807) is 13.0 Å². The first-order valence-electron chi connectivity index (χ1n) is 8.52. The highest BCUT2D eigenvalue weighted by molar-refractivity contribution is 5.93. The molecule has 0 fully saturated rings. The number of carbonyl (C=O) groups is 2. The van der Waals surface area contributed by atoms with Crippen molar-refractivity contribution in [1.29, 1.82) is 0 Å². The third kappa shape index (κ3) is 4.05. The predicted molar refractivity (Wildman–Crippen MR) is 99.8 cm³/mol. The second-order valence-electron chi connectivity index (χ2n) is 6.43. The van der Waals surface area contributed by atoms with Crippen LogP contribution in [-0.4, -0.2) is 36.5 Å². The topological polar surface area (TPSA) is 102 Å². The van der Waals surface area contributed by atoms with Crippen molar-refractivity contribution in [3.8, 4) is 0 Å². The maximum atomic E-state index is 12.5. The van der Waals surface area contributed by atoms with Gasteiger partial charge >= 0.3 is 5.97 Å². The van der Waals surface area contributed by atoms with E-state index in [1.807, 2.05) is 36.7 Å². The minimum absolute atomic E-state index is 0.0352. The van der Waals surface area contributed by atoms with Gasteiger partial charge in [0.25, 0.3) is 0 Å². The number of aryl methyl sites for hydroxylation is 2. The Balaban J connectivity index is 1.71. The van der Waals surface area contributed by atoms with Crippen LogP contribution in [0, 0.1) is 13.8 Å². The Bertz CT molecular complexity index is 989. The number of amides is 1. The molecule has 1 atom stereocenters. The number of aromatic carboxylic acids is 1. The van der Waals surface area contributed by atoms with E-state index in [1.165, 1.54) is 22.6 Å². The number of aromatic nitrogens is 4. The van der Waals surface area contributed by atoms with E-state index in [0.717, 1.165) is 11.3 Å². The zero-order valence-electron chi connectivity index (χ0n) is 15.4. The van der Waals surface area contributed by atoms with Crippen molar-refractivity contribution in [3.05, 3.63) is 65.1 Å². The molecule has 140 valence electrons. The largest absolute Gasteiger partial charge is 0.478 e. The summed E-state index contributed by atoms with van der Waals surface area (Å²) in [6, 6.07) is 9.21. The van der Waals surface area contributed by atoms with Crippen molar-refractivity contribution in [3.63, 3.8) is 0 Å². The number of nitrogens with one attached hydrogen (secondary N) is 1. The van der Waals surface area contributed by atoms with E-state index >= 15 is 0 Å². The normalized spacial score (nSPS) is 12.0. The van der Waals surface area contributed by atoms with Crippen LogP contribution in [0.4, 0.5) is 5.82 Å². The third-order valence-electron chi connectivity index (χ3n) is 4.44. The van der Waals surface area contributed by atoms with Gasteiger partial charge in [-0.2, -0.15) is 10.2 Å². The highest BCUT2D eigenvalue weighted by atomic mass is 16.4. The van der Waals surface area contributed by atoms with Crippen LogP contribution >= 0.6 is 0 Å². The smallest absolute Gasteiger partial charge is 0.338 e.